The SMILES string of the molecule is CC(CN(C)Cc1ccccc1)NC(=O)CCC1CCNC1.Cl. The van der Waals surface area contributed by atoms with E-state index in [1.807, 2.05) is 6.07 Å². The van der Waals surface area contributed by atoms with Gasteiger partial charge in [0.25, 0.3) is 0 Å². The molecule has 1 saturated heterocycles. The molecular formula is C18H30ClN3O. The molecule has 1 amide bonds. The molecule has 23 heavy (non-hydrogen) atoms. The number of nitrogens with one attached hydrogen (secondary N) is 2. The van der Waals surface area contributed by atoms with Crippen LogP contribution in [0.1, 0.15) is 31.7 Å². The van der Waals surface area contributed by atoms with Crippen LogP contribution in [0.15, 0.2) is 30.3 Å². The van der Waals surface area contributed by atoms with Crippen molar-refractivity contribution in [3.05, 3.63) is 35.9 Å². The Bertz CT molecular complexity index is 449. The topological polar surface area (TPSA) is 44.4 Å². The summed E-state index contributed by atoms with van der Waals surface area (Å²) in [6.45, 7) is 6.03. The van der Waals surface area contributed by atoms with Gasteiger partial charge < -0.3 is 15.5 Å². The molecule has 0 aromatic heterocycles. The van der Waals surface area contributed by atoms with Gasteiger partial charge in [0, 0.05) is 25.6 Å². The van der Waals surface area contributed by atoms with Crippen molar-refractivity contribution in [1.29, 1.82) is 0 Å². The number of hydrogen-bond acceptors (Lipinski definition) is 3. The molecule has 5 heteroatoms. The second-order valence-corrected chi connectivity index (χ2v) is 6.55. The summed E-state index contributed by atoms with van der Waals surface area (Å²) in [5.41, 5.74) is 1.30. The largest absolute Gasteiger partial charge is 0.352 e. The van der Waals surface area contributed by atoms with Crippen molar-refractivity contribution in [2.24, 2.45) is 5.92 Å². The average Bonchev–Trinajstić information content (AvgIpc) is 2.99. The lowest BCUT2D eigenvalue weighted by Crippen LogP contribution is -2.40. The van der Waals surface area contributed by atoms with Crippen molar-refractivity contribution in [3.8, 4) is 0 Å². The van der Waals surface area contributed by atoms with Crippen molar-refractivity contribution in [3.63, 3.8) is 0 Å². The van der Waals surface area contributed by atoms with Gasteiger partial charge in [0.1, 0.15) is 0 Å². The number of carbonyl (C=O) groups is 1. The fourth-order valence-electron chi connectivity index (χ4n) is 3.12. The maximum atomic E-state index is 12.0. The van der Waals surface area contributed by atoms with Crippen LogP contribution < -0.4 is 10.6 Å². The van der Waals surface area contributed by atoms with Crippen LogP contribution in [0.2, 0.25) is 0 Å². The maximum absolute atomic E-state index is 12.0. The molecule has 1 fully saturated rings. The van der Waals surface area contributed by atoms with Gasteiger partial charge in [0.15, 0.2) is 0 Å². The summed E-state index contributed by atoms with van der Waals surface area (Å²) >= 11 is 0. The van der Waals surface area contributed by atoms with E-state index in [0.717, 1.165) is 32.6 Å². The van der Waals surface area contributed by atoms with Gasteiger partial charge in [-0.1, -0.05) is 30.3 Å². The average molecular weight is 340 g/mol. The zero-order valence-corrected chi connectivity index (χ0v) is 15.1. The number of likely N-dealkylation sites (N-methyl/N-ethyl adjacent to an activating group) is 1. The molecule has 0 bridgehead atoms. The van der Waals surface area contributed by atoms with E-state index in [-0.39, 0.29) is 24.4 Å². The third-order valence-electron chi connectivity index (χ3n) is 4.23. The van der Waals surface area contributed by atoms with E-state index in [2.05, 4.69) is 53.8 Å². The second kappa shape index (κ2) is 10.6. The van der Waals surface area contributed by atoms with Crippen molar-refractivity contribution < 1.29 is 4.79 Å². The Balaban J connectivity index is 0.00000264. The highest BCUT2D eigenvalue weighted by Gasteiger charge is 2.16. The highest BCUT2D eigenvalue weighted by molar-refractivity contribution is 5.85. The normalized spacial score (nSPS) is 18.5. The lowest BCUT2D eigenvalue weighted by atomic mass is 10.0. The molecule has 2 rings (SSSR count). The number of nitrogens with zero attached hydrogens (tertiary/aromatic N) is 1. The third kappa shape index (κ3) is 7.82. The number of benzene rings is 1. The van der Waals surface area contributed by atoms with Crippen LogP contribution in [0.4, 0.5) is 0 Å². The van der Waals surface area contributed by atoms with Gasteiger partial charge >= 0.3 is 0 Å². The molecule has 1 aromatic carbocycles. The summed E-state index contributed by atoms with van der Waals surface area (Å²) in [4.78, 5) is 14.3. The first-order chi connectivity index (χ1) is 10.6. The van der Waals surface area contributed by atoms with Crippen LogP contribution in [0.5, 0.6) is 0 Å². The fraction of sp³-hybridized carbons (Fsp3) is 0.611. The number of amides is 1. The summed E-state index contributed by atoms with van der Waals surface area (Å²) in [7, 11) is 2.10. The highest BCUT2D eigenvalue weighted by Crippen LogP contribution is 2.14. The smallest absolute Gasteiger partial charge is 0.220 e. The Hall–Kier alpha value is -1.10. The number of rotatable bonds is 8. The Kier molecular flexibility index (Phi) is 9.22. The van der Waals surface area contributed by atoms with Gasteiger partial charge in [-0.05, 0) is 51.4 Å². The molecule has 130 valence electrons. The lowest BCUT2D eigenvalue weighted by molar-refractivity contribution is -0.122. The van der Waals surface area contributed by atoms with Crippen LogP contribution in [-0.2, 0) is 11.3 Å². The van der Waals surface area contributed by atoms with Gasteiger partial charge in [-0.25, -0.2) is 0 Å². The third-order valence-corrected chi connectivity index (χ3v) is 4.23. The molecule has 0 radical (unpaired) electrons. The Morgan fingerprint density at radius 3 is 2.78 bits per heavy atom. The van der Waals surface area contributed by atoms with Crippen LogP contribution in [0, 0.1) is 5.92 Å². The van der Waals surface area contributed by atoms with Crippen molar-refractivity contribution in [2.75, 3.05) is 26.7 Å². The molecule has 0 aliphatic carbocycles. The predicted molar refractivity (Wildman–Crippen MR) is 97.8 cm³/mol. The van der Waals surface area contributed by atoms with E-state index in [9.17, 15) is 4.79 Å². The van der Waals surface area contributed by atoms with Crippen molar-refractivity contribution >= 4 is 18.3 Å². The summed E-state index contributed by atoms with van der Waals surface area (Å²) in [5.74, 6) is 0.870. The van der Waals surface area contributed by atoms with E-state index in [0.29, 0.717) is 12.3 Å². The summed E-state index contributed by atoms with van der Waals surface area (Å²) in [6, 6.07) is 10.6. The maximum Gasteiger partial charge on any atom is 0.220 e. The Morgan fingerprint density at radius 2 is 2.13 bits per heavy atom. The molecule has 1 aliphatic heterocycles. The Labute approximate surface area is 146 Å². The summed E-state index contributed by atoms with van der Waals surface area (Å²) in [5, 5.41) is 6.47. The molecule has 0 spiro atoms. The van der Waals surface area contributed by atoms with Gasteiger partial charge in [-0.3, -0.25) is 4.79 Å². The van der Waals surface area contributed by atoms with Gasteiger partial charge in [-0.2, -0.15) is 0 Å². The van der Waals surface area contributed by atoms with Crippen LogP contribution in [0.25, 0.3) is 0 Å². The van der Waals surface area contributed by atoms with Gasteiger partial charge in [0.2, 0.25) is 5.91 Å². The molecule has 2 unspecified atom stereocenters. The second-order valence-electron chi connectivity index (χ2n) is 6.55. The standard InChI is InChI=1S/C18H29N3O.ClH/c1-15(13-21(2)14-17-6-4-3-5-7-17)20-18(22)9-8-16-10-11-19-12-16;/h3-7,15-16,19H,8-14H2,1-2H3,(H,20,22);1H. The molecular weight excluding hydrogens is 310 g/mol. The molecule has 1 aromatic rings. The monoisotopic (exact) mass is 339 g/mol. The Morgan fingerprint density at radius 1 is 1.39 bits per heavy atom. The van der Waals surface area contributed by atoms with E-state index >= 15 is 0 Å². The van der Waals surface area contributed by atoms with E-state index in [1.165, 1.54) is 12.0 Å². The molecule has 2 atom stereocenters. The first kappa shape index (κ1) is 19.9. The fourth-order valence-corrected chi connectivity index (χ4v) is 3.12. The first-order valence-corrected chi connectivity index (χ1v) is 8.36. The minimum atomic E-state index is 0. The van der Waals surface area contributed by atoms with Gasteiger partial charge in [-0.15, -0.1) is 12.4 Å². The van der Waals surface area contributed by atoms with Crippen LogP contribution >= 0.6 is 12.4 Å². The van der Waals surface area contributed by atoms with E-state index in [4.69, 9.17) is 0 Å². The summed E-state index contributed by atoms with van der Waals surface area (Å²) in [6.07, 6.45) is 2.87. The molecule has 4 nitrogen and oxygen atoms in total. The molecule has 2 N–H and O–H groups in total. The number of halogens is 1. The molecule has 0 saturated carbocycles. The van der Waals surface area contributed by atoms with E-state index < -0.39 is 0 Å². The zero-order chi connectivity index (χ0) is 15.8. The zero-order valence-electron chi connectivity index (χ0n) is 14.3. The number of hydrogen-bond donors (Lipinski definition) is 2. The number of carbonyl (C=O) groups excluding carboxylic acids is 1. The van der Waals surface area contributed by atoms with Crippen LogP contribution in [-0.4, -0.2) is 43.5 Å². The highest BCUT2D eigenvalue weighted by atomic mass is 35.5. The first-order valence-electron chi connectivity index (χ1n) is 8.36. The lowest BCUT2D eigenvalue weighted by Gasteiger charge is -2.22. The van der Waals surface area contributed by atoms with Gasteiger partial charge in [0.05, 0.1) is 0 Å². The predicted octanol–water partition coefficient (Wildman–Crippen LogP) is 2.43. The van der Waals surface area contributed by atoms with E-state index in [1.54, 1.807) is 0 Å². The van der Waals surface area contributed by atoms with Crippen molar-refractivity contribution in [2.45, 2.75) is 38.8 Å². The minimum absolute atomic E-state index is 0. The van der Waals surface area contributed by atoms with Crippen LogP contribution in [0.3, 0.4) is 0 Å². The molecule has 1 aliphatic rings. The summed E-state index contributed by atoms with van der Waals surface area (Å²) < 4.78 is 0. The minimum Gasteiger partial charge on any atom is -0.352 e. The quantitative estimate of drug-likeness (QED) is 0.764. The molecule has 1 heterocycles. The van der Waals surface area contributed by atoms with Crippen molar-refractivity contribution in [1.82, 2.24) is 15.5 Å².